The molecule has 1 aliphatic rings. The number of pyridine rings is 2. The predicted molar refractivity (Wildman–Crippen MR) is 97.8 cm³/mol. The van der Waals surface area contributed by atoms with Crippen LogP contribution in [0.5, 0.6) is 0 Å². The van der Waals surface area contributed by atoms with E-state index in [1.54, 1.807) is 13.3 Å². The van der Waals surface area contributed by atoms with Crippen LogP contribution in [0.3, 0.4) is 0 Å². The number of carbonyl (C=O) groups excluding carboxylic acids is 1. The van der Waals surface area contributed by atoms with Crippen LogP contribution >= 0.6 is 0 Å². The number of ether oxygens (including phenoxy) is 2. The number of nitrogens with one attached hydrogen (secondary N) is 2. The minimum absolute atomic E-state index is 0.155. The van der Waals surface area contributed by atoms with Crippen LogP contribution in [0.4, 0.5) is 5.82 Å². The van der Waals surface area contributed by atoms with E-state index < -0.39 is 5.60 Å². The smallest absolute Gasteiger partial charge is 0.222 e. The van der Waals surface area contributed by atoms with Gasteiger partial charge in [0.1, 0.15) is 11.4 Å². The number of nitrogens with zero attached hydrogens (tertiary/aromatic N) is 2. The highest BCUT2D eigenvalue weighted by atomic mass is 16.5. The van der Waals surface area contributed by atoms with E-state index in [-0.39, 0.29) is 5.91 Å². The van der Waals surface area contributed by atoms with Crippen LogP contribution < -0.4 is 5.32 Å². The number of aromatic nitrogens is 3. The Labute approximate surface area is 150 Å². The molecule has 0 spiro atoms. The fourth-order valence-electron chi connectivity index (χ4n) is 3.33. The van der Waals surface area contributed by atoms with Crippen molar-refractivity contribution in [3.63, 3.8) is 0 Å². The number of anilines is 1. The summed E-state index contributed by atoms with van der Waals surface area (Å²) in [7, 11) is 1.69. The first-order chi connectivity index (χ1) is 12.6. The highest BCUT2D eigenvalue weighted by molar-refractivity contribution is 5.97. The molecule has 1 atom stereocenters. The molecule has 1 amide bonds. The van der Waals surface area contributed by atoms with E-state index in [0.717, 1.165) is 34.3 Å². The van der Waals surface area contributed by atoms with E-state index in [4.69, 9.17) is 14.5 Å². The van der Waals surface area contributed by atoms with Gasteiger partial charge < -0.3 is 19.8 Å². The molecular weight excluding hydrogens is 332 g/mol. The third kappa shape index (κ3) is 2.85. The van der Waals surface area contributed by atoms with Crippen LogP contribution in [0.15, 0.2) is 36.7 Å². The molecule has 0 bridgehead atoms. The summed E-state index contributed by atoms with van der Waals surface area (Å²) in [5, 5.41) is 3.66. The first-order valence-electron chi connectivity index (χ1n) is 8.47. The highest BCUT2D eigenvalue weighted by Crippen LogP contribution is 2.35. The van der Waals surface area contributed by atoms with Crippen molar-refractivity contribution in [2.24, 2.45) is 0 Å². The summed E-state index contributed by atoms with van der Waals surface area (Å²) in [6.07, 6.45) is 4.39. The van der Waals surface area contributed by atoms with Gasteiger partial charge in [0, 0.05) is 44.2 Å². The zero-order valence-corrected chi connectivity index (χ0v) is 14.7. The molecule has 3 aromatic heterocycles. The van der Waals surface area contributed by atoms with Crippen LogP contribution in [0.1, 0.15) is 19.0 Å². The van der Waals surface area contributed by atoms with E-state index in [1.165, 1.54) is 6.92 Å². The molecule has 4 rings (SSSR count). The summed E-state index contributed by atoms with van der Waals surface area (Å²) in [5.41, 5.74) is 3.02. The first kappa shape index (κ1) is 16.7. The molecule has 0 aliphatic carbocycles. The minimum atomic E-state index is -0.495. The van der Waals surface area contributed by atoms with Crippen molar-refractivity contribution in [1.29, 1.82) is 0 Å². The van der Waals surface area contributed by atoms with Crippen molar-refractivity contribution in [3.05, 3.63) is 42.4 Å². The van der Waals surface area contributed by atoms with Crippen molar-refractivity contribution in [2.45, 2.75) is 18.9 Å². The Morgan fingerprint density at radius 1 is 1.42 bits per heavy atom. The Bertz CT molecular complexity index is 960. The average molecular weight is 352 g/mol. The summed E-state index contributed by atoms with van der Waals surface area (Å²) < 4.78 is 11.3. The molecule has 0 radical (unpaired) electrons. The maximum atomic E-state index is 11.3. The van der Waals surface area contributed by atoms with Crippen molar-refractivity contribution in [1.82, 2.24) is 15.0 Å². The summed E-state index contributed by atoms with van der Waals surface area (Å²) in [6, 6.07) is 7.76. The molecule has 1 aliphatic heterocycles. The van der Waals surface area contributed by atoms with E-state index in [2.05, 4.69) is 15.3 Å². The molecule has 0 saturated carbocycles. The molecule has 1 saturated heterocycles. The van der Waals surface area contributed by atoms with E-state index in [9.17, 15) is 4.79 Å². The maximum absolute atomic E-state index is 11.3. The summed E-state index contributed by atoms with van der Waals surface area (Å²) >= 11 is 0. The number of aromatic amines is 1. The van der Waals surface area contributed by atoms with Crippen molar-refractivity contribution in [3.8, 4) is 11.3 Å². The molecule has 26 heavy (non-hydrogen) atoms. The average Bonchev–Trinajstić information content (AvgIpc) is 3.29. The Balaban J connectivity index is 1.78. The Kier molecular flexibility index (Phi) is 4.18. The molecule has 0 aromatic carbocycles. The van der Waals surface area contributed by atoms with Gasteiger partial charge in [-0.1, -0.05) is 6.07 Å². The normalized spacial score (nSPS) is 19.8. The molecule has 1 unspecified atom stereocenters. The lowest BCUT2D eigenvalue weighted by Crippen LogP contribution is -2.30. The van der Waals surface area contributed by atoms with Crippen molar-refractivity contribution < 1.29 is 14.3 Å². The minimum Gasteiger partial charge on any atom is -0.378 e. The molecule has 7 nitrogen and oxygen atoms in total. The fourth-order valence-corrected chi connectivity index (χ4v) is 3.33. The molecule has 1 fully saturated rings. The number of H-pyrrole nitrogens is 1. The highest BCUT2D eigenvalue weighted by Gasteiger charge is 2.38. The largest absolute Gasteiger partial charge is 0.378 e. The summed E-state index contributed by atoms with van der Waals surface area (Å²) in [5.74, 6) is 0.358. The van der Waals surface area contributed by atoms with Gasteiger partial charge in [-0.25, -0.2) is 9.97 Å². The van der Waals surface area contributed by atoms with Gasteiger partial charge in [-0.3, -0.25) is 4.79 Å². The third-order valence-electron chi connectivity index (χ3n) is 4.74. The Morgan fingerprint density at radius 3 is 3.04 bits per heavy atom. The number of hydrogen-bond acceptors (Lipinski definition) is 5. The van der Waals surface area contributed by atoms with Gasteiger partial charge >= 0.3 is 0 Å². The second-order valence-corrected chi connectivity index (χ2v) is 6.41. The summed E-state index contributed by atoms with van der Waals surface area (Å²) in [4.78, 5) is 23.6. The fraction of sp³-hybridized carbons (Fsp3) is 0.316. The van der Waals surface area contributed by atoms with E-state index in [1.807, 2.05) is 30.5 Å². The lowest BCUT2D eigenvalue weighted by Gasteiger charge is -2.25. The number of methoxy groups -OCH3 is 1. The Hall–Kier alpha value is -2.77. The van der Waals surface area contributed by atoms with Crippen LogP contribution in [0.2, 0.25) is 0 Å². The van der Waals surface area contributed by atoms with Gasteiger partial charge in [0.2, 0.25) is 5.91 Å². The second kappa shape index (κ2) is 6.51. The predicted octanol–water partition coefficient (Wildman–Crippen LogP) is 2.85. The van der Waals surface area contributed by atoms with Gasteiger partial charge in [-0.15, -0.1) is 0 Å². The van der Waals surface area contributed by atoms with Crippen LogP contribution in [-0.4, -0.2) is 41.2 Å². The number of amides is 1. The third-order valence-corrected chi connectivity index (χ3v) is 4.74. The molecule has 3 aromatic rings. The second-order valence-electron chi connectivity index (χ2n) is 6.41. The van der Waals surface area contributed by atoms with Gasteiger partial charge in [0.15, 0.2) is 0 Å². The van der Waals surface area contributed by atoms with Gasteiger partial charge in [-0.2, -0.15) is 0 Å². The number of carbonyl (C=O) groups is 1. The zero-order chi connectivity index (χ0) is 18.1. The van der Waals surface area contributed by atoms with Gasteiger partial charge in [0.05, 0.1) is 29.7 Å². The van der Waals surface area contributed by atoms with Crippen LogP contribution in [-0.2, 0) is 19.9 Å². The van der Waals surface area contributed by atoms with Crippen LogP contribution in [0, 0.1) is 0 Å². The molecule has 4 heterocycles. The topological polar surface area (TPSA) is 89.1 Å². The number of rotatable bonds is 4. The zero-order valence-electron chi connectivity index (χ0n) is 14.7. The summed E-state index contributed by atoms with van der Waals surface area (Å²) in [6.45, 7) is 2.63. The van der Waals surface area contributed by atoms with Gasteiger partial charge in [0.25, 0.3) is 0 Å². The van der Waals surface area contributed by atoms with Crippen LogP contribution in [0.25, 0.3) is 22.2 Å². The lowest BCUT2D eigenvalue weighted by molar-refractivity contribution is -0.114. The molecular formula is C19H20N4O3. The maximum Gasteiger partial charge on any atom is 0.222 e. The molecule has 2 N–H and O–H groups in total. The quantitative estimate of drug-likeness (QED) is 0.754. The van der Waals surface area contributed by atoms with Gasteiger partial charge in [-0.05, 0) is 18.2 Å². The standard InChI is InChI=1S/C19H20N4O3/c1-12(24)22-18-8-13-14(9-20-16(13)10-21-18)15-4-3-5-17(23-15)19(25-2)6-7-26-11-19/h3-5,8-10,20H,6-7,11H2,1-2H3,(H,21,22,24). The SMILES string of the molecule is COC1(c2cccc(-c3c[nH]c4cnc(NC(C)=O)cc34)n2)CCOC1. The number of fused-ring (bicyclic) bond motifs is 1. The Morgan fingerprint density at radius 2 is 2.31 bits per heavy atom. The lowest BCUT2D eigenvalue weighted by atomic mass is 9.97. The van der Waals surface area contributed by atoms with E-state index in [0.29, 0.717) is 19.0 Å². The molecule has 7 heteroatoms. The number of hydrogen-bond donors (Lipinski definition) is 2. The van der Waals surface area contributed by atoms with Crippen molar-refractivity contribution in [2.75, 3.05) is 25.6 Å². The van der Waals surface area contributed by atoms with E-state index >= 15 is 0 Å². The monoisotopic (exact) mass is 352 g/mol. The first-order valence-corrected chi connectivity index (χ1v) is 8.47. The van der Waals surface area contributed by atoms with Crippen molar-refractivity contribution >= 4 is 22.6 Å². The molecule has 134 valence electrons.